The fourth-order valence-corrected chi connectivity index (χ4v) is 6.38. The van der Waals surface area contributed by atoms with E-state index in [1.54, 1.807) is 29.6 Å². The predicted octanol–water partition coefficient (Wildman–Crippen LogP) is 5.18. The molecule has 1 N–H and O–H groups in total. The number of amides is 4. The number of fused-ring (bicyclic) bond motifs is 4. The minimum Gasteiger partial charge on any atom is -0.306 e. The van der Waals surface area contributed by atoms with Crippen LogP contribution in [0.2, 0.25) is 0 Å². The molecule has 0 aliphatic carbocycles. The normalized spacial score (nSPS) is 17.7. The van der Waals surface area contributed by atoms with Crippen LogP contribution in [0.3, 0.4) is 0 Å². The lowest BCUT2D eigenvalue weighted by Crippen LogP contribution is -2.52. The van der Waals surface area contributed by atoms with Crippen LogP contribution in [0.1, 0.15) is 5.56 Å². The van der Waals surface area contributed by atoms with E-state index in [1.807, 2.05) is 36.4 Å². The molecule has 0 radical (unpaired) electrons. The Balaban J connectivity index is 1.53. The molecule has 3 aliphatic rings. The molecule has 3 heterocycles. The van der Waals surface area contributed by atoms with Gasteiger partial charge in [-0.1, -0.05) is 47.8 Å². The van der Waals surface area contributed by atoms with Gasteiger partial charge in [-0.05, 0) is 48.0 Å². The van der Waals surface area contributed by atoms with Gasteiger partial charge in [0.05, 0.1) is 17.1 Å². The van der Waals surface area contributed by atoms with Crippen LogP contribution in [-0.2, 0) is 9.59 Å². The first-order chi connectivity index (χ1) is 15.5. The molecule has 0 atom stereocenters. The van der Waals surface area contributed by atoms with Crippen molar-refractivity contribution in [1.82, 2.24) is 10.2 Å². The maximum absolute atomic E-state index is 12.5. The Bertz CT molecular complexity index is 1330. The molecule has 0 bridgehead atoms. The number of likely N-dealkylation sites (N-methyl/N-ethyl adjacent to an activating group) is 1. The molecule has 32 heavy (non-hydrogen) atoms. The third kappa shape index (κ3) is 2.80. The van der Waals surface area contributed by atoms with Gasteiger partial charge < -0.3 is 4.90 Å². The second kappa shape index (κ2) is 7.01. The molecular formula is C24H15N3O3S2. The zero-order valence-corrected chi connectivity index (χ0v) is 18.4. The molecule has 6 rings (SSSR count). The van der Waals surface area contributed by atoms with Crippen molar-refractivity contribution in [3.8, 4) is 0 Å². The number of nitrogens with zero attached hydrogens (tertiary/aromatic N) is 2. The average Bonchev–Trinajstić information content (AvgIpc) is 2.80. The number of urea groups is 1. The van der Waals surface area contributed by atoms with E-state index < -0.39 is 17.8 Å². The second-order valence-electron chi connectivity index (χ2n) is 7.52. The topological polar surface area (TPSA) is 69.7 Å². The molecule has 0 saturated carbocycles. The molecule has 0 spiro atoms. The summed E-state index contributed by atoms with van der Waals surface area (Å²) in [6, 6.07) is 19.8. The molecular weight excluding hydrogens is 442 g/mol. The van der Waals surface area contributed by atoms with Crippen molar-refractivity contribution in [3.63, 3.8) is 0 Å². The molecule has 3 aromatic carbocycles. The van der Waals surface area contributed by atoms with E-state index >= 15 is 0 Å². The van der Waals surface area contributed by atoms with Crippen LogP contribution >= 0.6 is 23.5 Å². The summed E-state index contributed by atoms with van der Waals surface area (Å²) in [6.45, 7) is 0. The van der Waals surface area contributed by atoms with Crippen LogP contribution in [0, 0.1) is 0 Å². The fraction of sp³-hybridized carbons (Fsp3) is 0.0417. The second-order valence-corrected chi connectivity index (χ2v) is 9.69. The van der Waals surface area contributed by atoms with Crippen LogP contribution in [0.15, 0.2) is 85.8 Å². The Kier molecular flexibility index (Phi) is 4.21. The van der Waals surface area contributed by atoms with Gasteiger partial charge in [-0.25, -0.2) is 4.79 Å². The maximum atomic E-state index is 12.5. The Morgan fingerprint density at radius 1 is 0.812 bits per heavy atom. The van der Waals surface area contributed by atoms with Gasteiger partial charge in [0.15, 0.2) is 0 Å². The smallest absolute Gasteiger partial charge is 0.306 e. The molecule has 0 unspecified atom stereocenters. The summed E-state index contributed by atoms with van der Waals surface area (Å²) >= 11 is 3.34. The quantitative estimate of drug-likeness (QED) is 0.276. The van der Waals surface area contributed by atoms with E-state index in [9.17, 15) is 14.4 Å². The van der Waals surface area contributed by atoms with Gasteiger partial charge >= 0.3 is 6.03 Å². The first-order valence-corrected chi connectivity index (χ1v) is 11.5. The predicted molar refractivity (Wildman–Crippen MR) is 124 cm³/mol. The van der Waals surface area contributed by atoms with Gasteiger partial charge in [-0.3, -0.25) is 19.8 Å². The van der Waals surface area contributed by atoms with Crippen LogP contribution in [0.5, 0.6) is 0 Å². The highest BCUT2D eigenvalue weighted by Gasteiger charge is 2.35. The van der Waals surface area contributed by atoms with E-state index in [1.165, 1.54) is 7.05 Å². The summed E-state index contributed by atoms with van der Waals surface area (Å²) in [7, 11) is 1.35. The van der Waals surface area contributed by atoms with E-state index in [-0.39, 0.29) is 5.57 Å². The first-order valence-electron chi connectivity index (χ1n) is 9.88. The van der Waals surface area contributed by atoms with Gasteiger partial charge in [-0.15, -0.1) is 0 Å². The minimum atomic E-state index is -0.715. The number of rotatable bonds is 1. The average molecular weight is 458 g/mol. The van der Waals surface area contributed by atoms with Gasteiger partial charge in [0.1, 0.15) is 5.57 Å². The van der Waals surface area contributed by atoms with Gasteiger partial charge in [0, 0.05) is 26.6 Å². The SMILES string of the molecule is CN1C(=O)NC(=O)/C(=C\c2cc3c4c(c2)Sc2ccccc2N4c2ccccc2S3)C1=O. The Morgan fingerprint density at radius 2 is 1.38 bits per heavy atom. The maximum Gasteiger partial charge on any atom is 0.331 e. The Labute approximate surface area is 192 Å². The number of imide groups is 2. The van der Waals surface area contributed by atoms with Gasteiger partial charge in [-0.2, -0.15) is 0 Å². The molecule has 8 heteroatoms. The summed E-state index contributed by atoms with van der Waals surface area (Å²) in [5.41, 5.74) is 4.04. The third-order valence-corrected chi connectivity index (χ3v) is 7.75. The minimum absolute atomic E-state index is 0.0569. The van der Waals surface area contributed by atoms with Gasteiger partial charge in [0.25, 0.3) is 11.8 Å². The van der Waals surface area contributed by atoms with E-state index in [0.29, 0.717) is 0 Å². The van der Waals surface area contributed by atoms with E-state index in [2.05, 4.69) is 34.5 Å². The molecule has 6 nitrogen and oxygen atoms in total. The van der Waals surface area contributed by atoms with Crippen molar-refractivity contribution >= 4 is 64.5 Å². The van der Waals surface area contributed by atoms with Gasteiger partial charge in [0.2, 0.25) is 0 Å². The number of hydrogen-bond acceptors (Lipinski definition) is 6. The molecule has 0 aromatic heterocycles. The van der Waals surface area contributed by atoms with E-state index in [4.69, 9.17) is 0 Å². The number of nitrogens with one attached hydrogen (secondary N) is 1. The monoisotopic (exact) mass is 457 g/mol. The highest BCUT2D eigenvalue weighted by atomic mass is 32.2. The molecule has 4 amide bonds. The summed E-state index contributed by atoms with van der Waals surface area (Å²) in [4.78, 5) is 44.1. The zero-order valence-electron chi connectivity index (χ0n) is 16.8. The Hall–Kier alpha value is -3.49. The third-order valence-electron chi connectivity index (χ3n) is 5.55. The summed E-state index contributed by atoms with van der Waals surface area (Å²) < 4.78 is 0. The largest absolute Gasteiger partial charge is 0.331 e. The lowest BCUT2D eigenvalue weighted by Gasteiger charge is -2.38. The standard InChI is InChI=1S/C24H15N3O3S2/c1-26-23(29)14(22(28)25-24(26)30)10-13-11-19-21-20(12-13)32-18-9-5-3-7-16(18)27(21)15-6-2-4-8-17(15)31-19/h2-12H,1H3,(H,25,28,30)/b14-10+. The molecule has 3 aliphatic heterocycles. The van der Waals surface area contributed by atoms with Crippen molar-refractivity contribution in [3.05, 3.63) is 71.8 Å². The summed E-state index contributed by atoms with van der Waals surface area (Å²) in [6.07, 6.45) is 1.56. The number of barbiturate groups is 1. The van der Waals surface area contributed by atoms with Crippen molar-refractivity contribution in [2.75, 3.05) is 11.9 Å². The number of para-hydroxylation sites is 2. The van der Waals surface area contributed by atoms with Crippen molar-refractivity contribution in [2.45, 2.75) is 19.6 Å². The van der Waals surface area contributed by atoms with Crippen molar-refractivity contribution < 1.29 is 14.4 Å². The van der Waals surface area contributed by atoms with Crippen molar-refractivity contribution in [1.29, 1.82) is 0 Å². The Morgan fingerprint density at radius 3 is 1.97 bits per heavy atom. The molecule has 156 valence electrons. The first kappa shape index (κ1) is 19.2. The lowest BCUT2D eigenvalue weighted by atomic mass is 10.1. The summed E-state index contributed by atoms with van der Waals surface area (Å²) in [5.74, 6) is -1.29. The highest BCUT2D eigenvalue weighted by molar-refractivity contribution is 8.00. The number of carbonyl (C=O) groups excluding carboxylic acids is 3. The van der Waals surface area contributed by atoms with Crippen LogP contribution < -0.4 is 10.2 Å². The van der Waals surface area contributed by atoms with Crippen molar-refractivity contribution in [2.24, 2.45) is 0 Å². The molecule has 1 saturated heterocycles. The molecule has 3 aromatic rings. The van der Waals surface area contributed by atoms with Crippen LogP contribution in [-0.4, -0.2) is 29.8 Å². The number of carbonyl (C=O) groups is 3. The highest BCUT2D eigenvalue weighted by Crippen LogP contribution is 2.60. The lowest BCUT2D eigenvalue weighted by molar-refractivity contribution is -0.129. The number of anilines is 3. The number of benzene rings is 3. The fourth-order valence-electron chi connectivity index (χ4n) is 4.04. The van der Waals surface area contributed by atoms with E-state index in [0.717, 1.165) is 47.1 Å². The zero-order chi connectivity index (χ0) is 22.0. The summed E-state index contributed by atoms with van der Waals surface area (Å²) in [5, 5.41) is 2.21. The molecule has 1 fully saturated rings. The van der Waals surface area contributed by atoms with Crippen LogP contribution in [0.4, 0.5) is 21.9 Å². The van der Waals surface area contributed by atoms with Crippen LogP contribution in [0.25, 0.3) is 6.08 Å². The number of hydrogen-bond donors (Lipinski definition) is 1.